The molecule has 0 unspecified atom stereocenters. The van der Waals surface area contributed by atoms with Crippen molar-refractivity contribution in [2.75, 3.05) is 36.9 Å². The van der Waals surface area contributed by atoms with Gasteiger partial charge >= 0.3 is 0 Å². The van der Waals surface area contributed by atoms with Crippen molar-refractivity contribution in [3.05, 3.63) is 75.9 Å². The van der Waals surface area contributed by atoms with Gasteiger partial charge in [-0.3, -0.25) is 14.8 Å². The molecule has 0 bridgehead atoms. The number of anilines is 3. The van der Waals surface area contributed by atoms with Crippen LogP contribution in [0.1, 0.15) is 16.1 Å². The standard InChI is InChI=1S/C26H23Cl2N7O2/c27-16-2-6-20(19(28)12-16)30-26-31-21-5-1-15(11-23(21)32-26)25(36)29-17-3-4-18-22(13-17)33-34-24(18)14-35-7-9-37-10-8-35/h1-6,11-13H,7-10,14H2,(H,29,36)(H,33,34)(H2,30,31,32). The van der Waals surface area contributed by atoms with E-state index < -0.39 is 0 Å². The average molecular weight is 536 g/mol. The maximum atomic E-state index is 13.0. The molecule has 6 rings (SSSR count). The first kappa shape index (κ1) is 23.7. The Labute approximate surface area is 222 Å². The number of nitrogens with zero attached hydrogens (tertiary/aromatic N) is 3. The van der Waals surface area contributed by atoms with Gasteiger partial charge in [0.25, 0.3) is 5.91 Å². The number of aromatic nitrogens is 4. The number of aromatic amines is 2. The predicted molar refractivity (Wildman–Crippen MR) is 146 cm³/mol. The number of hydrogen-bond donors (Lipinski definition) is 4. The first-order valence-corrected chi connectivity index (χ1v) is 12.6. The molecule has 1 aliphatic rings. The minimum absolute atomic E-state index is 0.227. The number of carbonyl (C=O) groups excluding carboxylic acids is 1. The van der Waals surface area contributed by atoms with Crippen LogP contribution in [0.25, 0.3) is 21.9 Å². The Hall–Kier alpha value is -3.63. The molecule has 0 radical (unpaired) electrons. The van der Waals surface area contributed by atoms with Crippen LogP contribution in [0.3, 0.4) is 0 Å². The zero-order valence-electron chi connectivity index (χ0n) is 19.6. The third kappa shape index (κ3) is 5.12. The number of amides is 1. The number of nitrogens with one attached hydrogen (secondary N) is 4. The van der Waals surface area contributed by atoms with Gasteiger partial charge in [0.1, 0.15) is 0 Å². The topological polar surface area (TPSA) is 111 Å². The summed E-state index contributed by atoms with van der Waals surface area (Å²) in [5, 5.41) is 15.8. The van der Waals surface area contributed by atoms with Gasteiger partial charge in [-0.05, 0) is 54.6 Å². The average Bonchev–Trinajstić information content (AvgIpc) is 3.49. The van der Waals surface area contributed by atoms with E-state index >= 15 is 0 Å². The van der Waals surface area contributed by atoms with Crippen LogP contribution in [0.2, 0.25) is 10.0 Å². The van der Waals surface area contributed by atoms with Crippen molar-refractivity contribution < 1.29 is 9.53 Å². The number of carbonyl (C=O) groups is 1. The number of imidazole rings is 1. The van der Waals surface area contributed by atoms with Crippen LogP contribution in [-0.2, 0) is 11.3 Å². The summed E-state index contributed by atoms with van der Waals surface area (Å²) in [5.41, 5.74) is 5.15. The fraction of sp³-hybridized carbons (Fsp3) is 0.192. The monoisotopic (exact) mass is 535 g/mol. The van der Waals surface area contributed by atoms with Gasteiger partial charge in [-0.15, -0.1) is 0 Å². The molecule has 11 heteroatoms. The summed E-state index contributed by atoms with van der Waals surface area (Å²) in [6.45, 7) is 4.10. The van der Waals surface area contributed by atoms with Gasteiger partial charge in [-0.2, -0.15) is 5.10 Å². The van der Waals surface area contributed by atoms with E-state index in [0.717, 1.165) is 60.5 Å². The van der Waals surface area contributed by atoms with E-state index in [4.69, 9.17) is 27.9 Å². The number of fused-ring (bicyclic) bond motifs is 2. The zero-order chi connectivity index (χ0) is 25.4. The van der Waals surface area contributed by atoms with Crippen LogP contribution in [0.5, 0.6) is 0 Å². The highest BCUT2D eigenvalue weighted by molar-refractivity contribution is 6.36. The predicted octanol–water partition coefficient (Wildman–Crippen LogP) is 5.57. The Balaban J connectivity index is 1.16. The lowest BCUT2D eigenvalue weighted by Gasteiger charge is -2.25. The molecule has 3 aromatic carbocycles. The van der Waals surface area contributed by atoms with Crippen LogP contribution < -0.4 is 10.6 Å². The highest BCUT2D eigenvalue weighted by Gasteiger charge is 2.15. The maximum Gasteiger partial charge on any atom is 0.255 e. The molecule has 1 saturated heterocycles. The Morgan fingerprint density at radius 3 is 2.73 bits per heavy atom. The number of ether oxygens (including phenoxy) is 1. The van der Waals surface area contributed by atoms with Gasteiger partial charge in [0, 0.05) is 41.3 Å². The summed E-state index contributed by atoms with van der Waals surface area (Å²) in [6.07, 6.45) is 0. The molecule has 5 aromatic rings. The molecular weight excluding hydrogens is 513 g/mol. The first-order valence-electron chi connectivity index (χ1n) is 11.8. The number of morpholine rings is 1. The Kier molecular flexibility index (Phi) is 6.43. The second-order valence-corrected chi connectivity index (χ2v) is 9.69. The molecule has 0 aliphatic carbocycles. The summed E-state index contributed by atoms with van der Waals surface area (Å²) in [7, 11) is 0. The summed E-state index contributed by atoms with van der Waals surface area (Å²) >= 11 is 12.2. The molecule has 9 nitrogen and oxygen atoms in total. The normalized spacial score (nSPS) is 14.3. The quantitative estimate of drug-likeness (QED) is 0.226. The summed E-state index contributed by atoms with van der Waals surface area (Å²) < 4.78 is 5.43. The molecule has 4 N–H and O–H groups in total. The fourth-order valence-corrected chi connectivity index (χ4v) is 4.84. The fourth-order valence-electron chi connectivity index (χ4n) is 4.38. The third-order valence-electron chi connectivity index (χ3n) is 6.31. The van der Waals surface area contributed by atoms with Crippen molar-refractivity contribution in [1.29, 1.82) is 0 Å². The van der Waals surface area contributed by atoms with Gasteiger partial charge < -0.3 is 20.4 Å². The van der Waals surface area contributed by atoms with Gasteiger partial charge in [0.15, 0.2) is 0 Å². The summed E-state index contributed by atoms with van der Waals surface area (Å²) in [6, 6.07) is 16.2. The lowest BCUT2D eigenvalue weighted by molar-refractivity contribution is 0.0338. The van der Waals surface area contributed by atoms with Crippen molar-refractivity contribution in [3.63, 3.8) is 0 Å². The van der Waals surface area contributed by atoms with Crippen LogP contribution in [0.15, 0.2) is 54.6 Å². The summed E-state index contributed by atoms with van der Waals surface area (Å²) in [5.74, 6) is 0.281. The minimum Gasteiger partial charge on any atom is -0.379 e. The van der Waals surface area contributed by atoms with Crippen molar-refractivity contribution in [3.8, 4) is 0 Å². The van der Waals surface area contributed by atoms with Crippen LogP contribution >= 0.6 is 23.2 Å². The molecule has 188 valence electrons. The van der Waals surface area contributed by atoms with Crippen LogP contribution in [0.4, 0.5) is 17.3 Å². The lowest BCUT2D eigenvalue weighted by atomic mass is 10.1. The lowest BCUT2D eigenvalue weighted by Crippen LogP contribution is -2.35. The zero-order valence-corrected chi connectivity index (χ0v) is 21.2. The smallest absolute Gasteiger partial charge is 0.255 e. The van der Waals surface area contributed by atoms with E-state index in [1.807, 2.05) is 18.2 Å². The van der Waals surface area contributed by atoms with E-state index in [9.17, 15) is 4.79 Å². The second-order valence-electron chi connectivity index (χ2n) is 8.84. The number of benzene rings is 3. The number of rotatable bonds is 6. The van der Waals surface area contributed by atoms with E-state index in [1.165, 1.54) is 0 Å². The molecule has 0 saturated carbocycles. The first-order chi connectivity index (χ1) is 18.0. The highest BCUT2D eigenvalue weighted by atomic mass is 35.5. The second kappa shape index (κ2) is 10.0. The molecule has 0 atom stereocenters. The van der Waals surface area contributed by atoms with E-state index in [0.29, 0.717) is 32.9 Å². The molecule has 3 heterocycles. The Morgan fingerprint density at radius 1 is 1.03 bits per heavy atom. The molecule has 1 aliphatic heterocycles. The molecule has 37 heavy (non-hydrogen) atoms. The SMILES string of the molecule is O=C(Nc1ccc2c(CN3CCOCC3)[nH]nc2c1)c1ccc2nc(Nc3ccc(Cl)cc3Cl)[nH]c2c1. The number of halogens is 2. The maximum absolute atomic E-state index is 13.0. The molecule has 1 fully saturated rings. The van der Waals surface area contributed by atoms with Crippen LogP contribution in [0, 0.1) is 0 Å². The molecule has 2 aromatic heterocycles. The largest absolute Gasteiger partial charge is 0.379 e. The van der Waals surface area contributed by atoms with Crippen molar-refractivity contribution >= 4 is 68.4 Å². The molecule has 1 amide bonds. The molecular formula is C26H23Cl2N7O2. The number of H-pyrrole nitrogens is 2. The van der Waals surface area contributed by atoms with Gasteiger partial charge in [-0.1, -0.05) is 23.2 Å². The van der Waals surface area contributed by atoms with Crippen molar-refractivity contribution in [1.82, 2.24) is 25.1 Å². The summed E-state index contributed by atoms with van der Waals surface area (Å²) in [4.78, 5) is 23.0. The highest BCUT2D eigenvalue weighted by Crippen LogP contribution is 2.28. The molecule has 0 spiro atoms. The van der Waals surface area contributed by atoms with Gasteiger partial charge in [0.05, 0.1) is 46.2 Å². The Morgan fingerprint density at radius 2 is 1.89 bits per heavy atom. The van der Waals surface area contributed by atoms with E-state index in [1.54, 1.807) is 36.4 Å². The third-order valence-corrected chi connectivity index (χ3v) is 6.85. The van der Waals surface area contributed by atoms with Crippen LogP contribution in [-0.4, -0.2) is 57.3 Å². The number of hydrogen-bond acceptors (Lipinski definition) is 6. The Bertz CT molecular complexity index is 1610. The van der Waals surface area contributed by atoms with Crippen molar-refractivity contribution in [2.24, 2.45) is 0 Å². The van der Waals surface area contributed by atoms with E-state index in [2.05, 4.69) is 35.7 Å². The minimum atomic E-state index is -0.227. The van der Waals surface area contributed by atoms with E-state index in [-0.39, 0.29) is 5.91 Å². The van der Waals surface area contributed by atoms with Gasteiger partial charge in [-0.25, -0.2) is 4.98 Å². The van der Waals surface area contributed by atoms with Gasteiger partial charge in [0.2, 0.25) is 5.95 Å². The van der Waals surface area contributed by atoms with Crippen molar-refractivity contribution in [2.45, 2.75) is 6.54 Å².